The largest absolute Gasteiger partial charge is 0.542 e. The summed E-state index contributed by atoms with van der Waals surface area (Å²) in [4.78, 5) is 11.6. The van der Waals surface area contributed by atoms with E-state index in [4.69, 9.17) is 14.9 Å². The number of anilines is 1. The molecular weight excluding hydrogens is 294 g/mol. The summed E-state index contributed by atoms with van der Waals surface area (Å²) in [5.41, 5.74) is 7.72. The van der Waals surface area contributed by atoms with E-state index in [1.807, 2.05) is 25.1 Å². The van der Waals surface area contributed by atoms with Gasteiger partial charge in [-0.3, -0.25) is 4.79 Å². The van der Waals surface area contributed by atoms with Gasteiger partial charge in [0.25, 0.3) is 8.32 Å². The van der Waals surface area contributed by atoms with Crippen molar-refractivity contribution in [2.24, 2.45) is 0 Å². The van der Waals surface area contributed by atoms with Crippen molar-refractivity contribution >= 4 is 20.0 Å². The second-order valence-corrected chi connectivity index (χ2v) is 11.7. The minimum Gasteiger partial charge on any atom is -0.542 e. The van der Waals surface area contributed by atoms with Crippen LogP contribution in [0.2, 0.25) is 18.1 Å². The van der Waals surface area contributed by atoms with Crippen molar-refractivity contribution in [1.82, 2.24) is 0 Å². The minimum atomic E-state index is -1.98. The average molecular weight is 324 g/mol. The summed E-state index contributed by atoms with van der Waals surface area (Å²) in [5.74, 6) is 0.543. The zero-order chi connectivity index (χ0) is 17.0. The van der Waals surface area contributed by atoms with Gasteiger partial charge < -0.3 is 14.9 Å². The van der Waals surface area contributed by atoms with E-state index < -0.39 is 8.32 Å². The van der Waals surface area contributed by atoms with E-state index in [-0.39, 0.29) is 11.0 Å². The average Bonchev–Trinajstić information content (AvgIpc) is 2.38. The molecule has 22 heavy (non-hydrogen) atoms. The number of rotatable bonds is 6. The topological polar surface area (TPSA) is 61.5 Å². The van der Waals surface area contributed by atoms with E-state index in [9.17, 15) is 4.79 Å². The Morgan fingerprint density at radius 3 is 2.45 bits per heavy atom. The number of carbonyl (C=O) groups is 1. The molecule has 5 heteroatoms. The Morgan fingerprint density at radius 1 is 1.27 bits per heavy atom. The minimum absolute atomic E-state index is 0.0910. The Bertz CT molecular complexity index is 521. The molecule has 124 valence electrons. The first kappa shape index (κ1) is 18.6. The molecule has 0 heterocycles. The lowest BCUT2D eigenvalue weighted by Crippen LogP contribution is -2.44. The Morgan fingerprint density at radius 2 is 1.91 bits per heavy atom. The van der Waals surface area contributed by atoms with E-state index in [1.54, 1.807) is 0 Å². The van der Waals surface area contributed by atoms with Crippen molar-refractivity contribution in [1.29, 1.82) is 0 Å². The molecule has 0 spiro atoms. The van der Waals surface area contributed by atoms with Gasteiger partial charge in [0.1, 0.15) is 5.75 Å². The zero-order valence-electron chi connectivity index (χ0n) is 14.7. The van der Waals surface area contributed by atoms with Crippen LogP contribution in [0, 0.1) is 0 Å². The summed E-state index contributed by atoms with van der Waals surface area (Å²) in [6.45, 7) is 13.2. The molecule has 0 amide bonds. The molecule has 0 bridgehead atoms. The summed E-state index contributed by atoms with van der Waals surface area (Å²) < 4.78 is 11.4. The van der Waals surface area contributed by atoms with Gasteiger partial charge in [-0.05, 0) is 43.1 Å². The lowest BCUT2D eigenvalue weighted by molar-refractivity contribution is -0.143. The van der Waals surface area contributed by atoms with Gasteiger partial charge in [0.05, 0.1) is 12.3 Å². The fourth-order valence-corrected chi connectivity index (χ4v) is 2.87. The predicted molar refractivity (Wildman–Crippen MR) is 93.6 cm³/mol. The second-order valence-electron chi connectivity index (χ2n) is 7.00. The molecule has 4 nitrogen and oxygen atoms in total. The van der Waals surface area contributed by atoms with Gasteiger partial charge in [-0.15, -0.1) is 0 Å². The first-order chi connectivity index (χ1) is 10.1. The number of hydrogen-bond acceptors (Lipinski definition) is 4. The fourth-order valence-electron chi connectivity index (χ4n) is 1.80. The van der Waals surface area contributed by atoms with Crippen LogP contribution in [0.15, 0.2) is 18.2 Å². The fraction of sp³-hybridized carbons (Fsp3) is 0.588. The van der Waals surface area contributed by atoms with Gasteiger partial charge in [0.2, 0.25) is 0 Å². The molecule has 0 aliphatic rings. The molecule has 0 aromatic heterocycles. The zero-order valence-corrected chi connectivity index (χ0v) is 15.7. The van der Waals surface area contributed by atoms with Crippen molar-refractivity contribution in [2.75, 3.05) is 12.3 Å². The summed E-state index contributed by atoms with van der Waals surface area (Å²) in [5, 5.41) is 0.0910. The number of carbonyl (C=O) groups excluding carboxylic acids is 1. The number of ether oxygens (including phenoxy) is 1. The molecule has 0 fully saturated rings. The van der Waals surface area contributed by atoms with Crippen LogP contribution in [0.1, 0.15) is 39.7 Å². The number of nitrogen functional groups attached to an aromatic ring is 1. The van der Waals surface area contributed by atoms with E-state index in [0.717, 1.165) is 11.3 Å². The summed E-state index contributed by atoms with van der Waals surface area (Å²) in [6, 6.07) is 5.71. The van der Waals surface area contributed by atoms with Crippen molar-refractivity contribution in [3.63, 3.8) is 0 Å². The van der Waals surface area contributed by atoms with Crippen LogP contribution in [-0.2, 0) is 16.0 Å². The third kappa shape index (κ3) is 4.76. The van der Waals surface area contributed by atoms with Crippen molar-refractivity contribution in [3.8, 4) is 5.75 Å². The molecular formula is C17H29NO3Si. The molecule has 0 aliphatic heterocycles. The number of hydrogen-bond donors (Lipinski definition) is 1. The van der Waals surface area contributed by atoms with Crippen LogP contribution in [0.4, 0.5) is 5.69 Å². The number of nitrogens with two attached hydrogens (primary N) is 1. The summed E-state index contributed by atoms with van der Waals surface area (Å²) in [7, 11) is -1.98. The van der Waals surface area contributed by atoms with Crippen molar-refractivity contribution in [3.05, 3.63) is 23.8 Å². The molecule has 0 saturated carbocycles. The maximum Gasteiger partial charge on any atom is 0.306 e. The van der Waals surface area contributed by atoms with Gasteiger partial charge in [-0.2, -0.15) is 0 Å². The lowest BCUT2D eigenvalue weighted by atomic mass is 10.1. The molecule has 1 rings (SSSR count). The number of benzene rings is 1. The third-order valence-corrected chi connectivity index (χ3v) is 8.52. The van der Waals surface area contributed by atoms with Crippen LogP contribution >= 0.6 is 0 Å². The normalized spacial score (nSPS) is 12.1. The van der Waals surface area contributed by atoms with Crippen LogP contribution < -0.4 is 10.2 Å². The number of esters is 1. The summed E-state index contributed by atoms with van der Waals surface area (Å²) >= 11 is 0. The van der Waals surface area contributed by atoms with Gasteiger partial charge in [0, 0.05) is 6.42 Å². The standard InChI is InChI=1S/C17H29NO3Si/c1-7-20-15(19)12-11-13-9-8-10-14(18)16(13)21-22(5,6)17(2,3)4/h8-10H,7,11-12,18H2,1-6H3. The molecule has 1 aromatic carbocycles. The molecule has 0 atom stereocenters. The third-order valence-electron chi connectivity index (χ3n) is 4.19. The Labute approximate surface area is 135 Å². The molecule has 0 radical (unpaired) electrons. The van der Waals surface area contributed by atoms with E-state index >= 15 is 0 Å². The van der Waals surface area contributed by atoms with Crippen LogP contribution in [-0.4, -0.2) is 20.9 Å². The number of aryl methyl sites for hydroxylation is 1. The van der Waals surface area contributed by atoms with Crippen molar-refractivity contribution < 1.29 is 14.0 Å². The van der Waals surface area contributed by atoms with Gasteiger partial charge in [-0.1, -0.05) is 32.9 Å². The first-order valence-corrected chi connectivity index (χ1v) is 10.7. The predicted octanol–water partition coefficient (Wildman–Crippen LogP) is 4.15. The Balaban J connectivity index is 2.97. The smallest absolute Gasteiger partial charge is 0.306 e. The van der Waals surface area contributed by atoms with E-state index in [2.05, 4.69) is 33.9 Å². The van der Waals surface area contributed by atoms with E-state index in [1.165, 1.54) is 0 Å². The quantitative estimate of drug-likeness (QED) is 0.485. The monoisotopic (exact) mass is 323 g/mol. The second kappa shape index (κ2) is 7.18. The Hall–Kier alpha value is -1.49. The highest BCUT2D eigenvalue weighted by Crippen LogP contribution is 2.40. The molecule has 0 saturated heterocycles. The molecule has 2 N–H and O–H groups in total. The van der Waals surface area contributed by atoms with Gasteiger partial charge in [-0.25, -0.2) is 0 Å². The van der Waals surface area contributed by atoms with Crippen molar-refractivity contribution in [2.45, 2.75) is 58.7 Å². The highest BCUT2D eigenvalue weighted by Gasteiger charge is 2.39. The van der Waals surface area contributed by atoms with Crippen LogP contribution in [0.5, 0.6) is 5.75 Å². The maximum atomic E-state index is 11.6. The van der Waals surface area contributed by atoms with Gasteiger partial charge >= 0.3 is 5.97 Å². The van der Waals surface area contributed by atoms with Gasteiger partial charge in [0.15, 0.2) is 0 Å². The SMILES string of the molecule is CCOC(=O)CCc1cccc(N)c1O[Si](C)(C)C(C)(C)C. The molecule has 0 aliphatic carbocycles. The summed E-state index contributed by atoms with van der Waals surface area (Å²) in [6.07, 6.45) is 0.916. The first-order valence-electron chi connectivity index (χ1n) is 7.80. The van der Waals surface area contributed by atoms with Crippen LogP contribution in [0.3, 0.4) is 0 Å². The Kier molecular flexibility index (Phi) is 6.05. The highest BCUT2D eigenvalue weighted by molar-refractivity contribution is 6.74. The highest BCUT2D eigenvalue weighted by atomic mass is 28.4. The molecule has 0 unspecified atom stereocenters. The lowest BCUT2D eigenvalue weighted by Gasteiger charge is -2.37. The van der Waals surface area contributed by atoms with E-state index in [0.29, 0.717) is 25.1 Å². The number of para-hydroxylation sites is 1. The molecule has 1 aromatic rings. The van der Waals surface area contributed by atoms with Crippen LogP contribution in [0.25, 0.3) is 0 Å². The maximum absolute atomic E-state index is 11.6.